The molecule has 2 nitrogen and oxygen atoms in total. The summed E-state index contributed by atoms with van der Waals surface area (Å²) in [6, 6.07) is 0. The van der Waals surface area contributed by atoms with Gasteiger partial charge in [0.2, 0.25) is 0 Å². The topological polar surface area (TPSA) is 21.6 Å². The zero-order valence-electron chi connectivity index (χ0n) is 6.35. The maximum atomic E-state index is 4.86. The fraction of sp³-hybridized carbons (Fsp3) is 0.250. The second-order valence-electron chi connectivity index (χ2n) is 1.72. The van der Waals surface area contributed by atoms with E-state index in [1.54, 1.807) is 13.2 Å². The highest BCUT2D eigenvalue weighted by Crippen LogP contribution is 1.99. The van der Waals surface area contributed by atoms with Crippen LogP contribution < -0.4 is 0 Å². The molecule has 0 radical (unpaired) electrons. The summed E-state index contributed by atoms with van der Waals surface area (Å²) in [5, 5.41) is 0. The molecule has 0 N–H and O–H groups in total. The maximum Gasteiger partial charge on any atom is 0.0946 e. The first-order valence-corrected chi connectivity index (χ1v) is 2.84. The van der Waals surface area contributed by atoms with E-state index in [-0.39, 0.29) is 0 Å². The minimum Gasteiger partial charge on any atom is -0.501 e. The van der Waals surface area contributed by atoms with Crippen LogP contribution in [0.25, 0.3) is 0 Å². The standard InChI is InChI=1S/C8H11NO/c1-5-9-7(2)6-8(3)10-4/h6H,1-2H2,3-4H3. The molecule has 0 bridgehead atoms. The Hall–Kier alpha value is -1.27. The van der Waals surface area contributed by atoms with E-state index in [1.165, 1.54) is 0 Å². The van der Waals surface area contributed by atoms with Crippen LogP contribution in [0.1, 0.15) is 6.92 Å². The Bertz CT molecular complexity index is 197. The van der Waals surface area contributed by atoms with Gasteiger partial charge < -0.3 is 4.74 Å². The highest BCUT2D eigenvalue weighted by molar-refractivity contribution is 5.49. The van der Waals surface area contributed by atoms with Crippen LogP contribution in [0.5, 0.6) is 0 Å². The highest BCUT2D eigenvalue weighted by Gasteiger charge is 1.85. The van der Waals surface area contributed by atoms with Gasteiger partial charge in [-0.05, 0) is 19.4 Å². The van der Waals surface area contributed by atoms with Crippen LogP contribution in [0, 0.1) is 0 Å². The predicted molar refractivity (Wildman–Crippen MR) is 43.0 cm³/mol. The average molecular weight is 137 g/mol. The molecule has 0 unspecified atom stereocenters. The first kappa shape index (κ1) is 8.73. The summed E-state index contributed by atoms with van der Waals surface area (Å²) in [5.41, 5.74) is 0.592. The van der Waals surface area contributed by atoms with Crippen LogP contribution in [0.2, 0.25) is 0 Å². The summed E-state index contributed by atoms with van der Waals surface area (Å²) in [7, 11) is 1.59. The molecule has 0 atom stereocenters. The number of nitrogens with zero attached hydrogens (tertiary/aromatic N) is 1. The van der Waals surface area contributed by atoms with Gasteiger partial charge in [0.1, 0.15) is 0 Å². The number of ether oxygens (including phenoxy) is 1. The molecule has 10 heavy (non-hydrogen) atoms. The van der Waals surface area contributed by atoms with Gasteiger partial charge in [0.15, 0.2) is 0 Å². The van der Waals surface area contributed by atoms with Crippen LogP contribution in [-0.2, 0) is 4.74 Å². The van der Waals surface area contributed by atoms with Crippen LogP contribution in [0.4, 0.5) is 0 Å². The van der Waals surface area contributed by atoms with Gasteiger partial charge in [0.25, 0.3) is 0 Å². The SMILES string of the molecule is C=C=NC(=C)C=C(C)OC. The Morgan fingerprint density at radius 1 is 1.70 bits per heavy atom. The van der Waals surface area contributed by atoms with Gasteiger partial charge in [-0.15, -0.1) is 0 Å². The van der Waals surface area contributed by atoms with Gasteiger partial charge in [-0.1, -0.05) is 6.58 Å². The van der Waals surface area contributed by atoms with Crippen molar-refractivity contribution in [3.05, 3.63) is 30.7 Å². The summed E-state index contributed by atoms with van der Waals surface area (Å²) < 4.78 is 4.86. The van der Waals surface area contributed by atoms with Crippen LogP contribution in [0.3, 0.4) is 0 Å². The molecule has 0 amide bonds. The van der Waals surface area contributed by atoms with Crippen molar-refractivity contribution in [2.75, 3.05) is 7.11 Å². The first-order valence-electron chi connectivity index (χ1n) is 2.84. The zero-order chi connectivity index (χ0) is 7.98. The lowest BCUT2D eigenvalue weighted by Gasteiger charge is -1.95. The minimum absolute atomic E-state index is 0.592. The van der Waals surface area contributed by atoms with Crippen LogP contribution >= 0.6 is 0 Å². The van der Waals surface area contributed by atoms with E-state index < -0.39 is 0 Å². The van der Waals surface area contributed by atoms with E-state index in [1.807, 2.05) is 6.92 Å². The van der Waals surface area contributed by atoms with Gasteiger partial charge in [0.05, 0.1) is 18.6 Å². The van der Waals surface area contributed by atoms with Gasteiger partial charge in [-0.25, -0.2) is 4.99 Å². The Morgan fingerprint density at radius 3 is 2.70 bits per heavy atom. The molecule has 0 aliphatic heterocycles. The molecule has 0 aliphatic carbocycles. The van der Waals surface area contributed by atoms with Gasteiger partial charge >= 0.3 is 0 Å². The minimum atomic E-state index is 0.592. The largest absolute Gasteiger partial charge is 0.501 e. The molecule has 0 saturated carbocycles. The van der Waals surface area contributed by atoms with Gasteiger partial charge in [-0.3, -0.25) is 0 Å². The number of aliphatic imine (C=N–C) groups is 1. The van der Waals surface area contributed by atoms with Crippen molar-refractivity contribution in [2.45, 2.75) is 6.92 Å². The van der Waals surface area contributed by atoms with Crippen molar-refractivity contribution in [1.82, 2.24) is 0 Å². The number of allylic oxidation sites excluding steroid dienone is 2. The molecule has 2 heteroatoms. The van der Waals surface area contributed by atoms with E-state index in [0.29, 0.717) is 5.70 Å². The van der Waals surface area contributed by atoms with Crippen molar-refractivity contribution in [1.29, 1.82) is 0 Å². The third-order valence-electron chi connectivity index (χ3n) is 0.915. The Balaban J connectivity index is 4.12. The molecule has 0 heterocycles. The molecule has 0 rings (SSSR count). The fourth-order valence-electron chi connectivity index (χ4n) is 0.427. The average Bonchev–Trinajstić information content (AvgIpc) is 1.88. The van der Waals surface area contributed by atoms with Crippen LogP contribution in [0.15, 0.2) is 35.7 Å². The van der Waals surface area contributed by atoms with Gasteiger partial charge in [0, 0.05) is 6.08 Å². The molecule has 0 aromatic carbocycles. The maximum absolute atomic E-state index is 4.86. The number of hydrogen-bond donors (Lipinski definition) is 0. The lowest BCUT2D eigenvalue weighted by molar-refractivity contribution is 0.293. The smallest absolute Gasteiger partial charge is 0.0946 e. The molecule has 0 aromatic rings. The fourth-order valence-corrected chi connectivity index (χ4v) is 0.427. The third kappa shape index (κ3) is 3.70. The Labute approximate surface area is 61.2 Å². The second kappa shape index (κ2) is 4.59. The molecular weight excluding hydrogens is 126 g/mol. The number of hydrogen-bond acceptors (Lipinski definition) is 2. The molecule has 0 saturated heterocycles. The summed E-state index contributed by atoms with van der Waals surface area (Å²) in [6.07, 6.45) is 1.71. The second-order valence-corrected chi connectivity index (χ2v) is 1.72. The van der Waals surface area contributed by atoms with Crippen molar-refractivity contribution >= 4 is 5.87 Å². The van der Waals surface area contributed by atoms with E-state index in [2.05, 4.69) is 24.0 Å². The summed E-state index contributed by atoms with van der Waals surface area (Å²) >= 11 is 0. The summed E-state index contributed by atoms with van der Waals surface area (Å²) in [5.74, 6) is 3.14. The van der Waals surface area contributed by atoms with Crippen molar-refractivity contribution in [3.8, 4) is 0 Å². The molecule has 0 fully saturated rings. The molecule has 54 valence electrons. The molecule has 0 aromatic heterocycles. The highest BCUT2D eigenvalue weighted by atomic mass is 16.5. The molecule has 0 aliphatic rings. The quantitative estimate of drug-likeness (QED) is 0.331. The van der Waals surface area contributed by atoms with Crippen molar-refractivity contribution in [3.63, 3.8) is 0 Å². The molecular formula is C8H11NO. The number of methoxy groups -OCH3 is 1. The molecule has 0 spiro atoms. The van der Waals surface area contributed by atoms with Crippen LogP contribution in [-0.4, -0.2) is 13.0 Å². The first-order chi connectivity index (χ1) is 4.70. The van der Waals surface area contributed by atoms with Gasteiger partial charge in [-0.2, -0.15) is 0 Å². The Morgan fingerprint density at radius 2 is 2.30 bits per heavy atom. The van der Waals surface area contributed by atoms with Crippen molar-refractivity contribution < 1.29 is 4.74 Å². The zero-order valence-corrected chi connectivity index (χ0v) is 6.35. The lowest BCUT2D eigenvalue weighted by atomic mass is 10.4. The normalized spacial score (nSPS) is 10.0. The lowest BCUT2D eigenvalue weighted by Crippen LogP contribution is -1.79. The summed E-state index contributed by atoms with van der Waals surface area (Å²) in [4.78, 5) is 3.70. The third-order valence-corrected chi connectivity index (χ3v) is 0.915. The number of rotatable bonds is 3. The van der Waals surface area contributed by atoms with E-state index >= 15 is 0 Å². The van der Waals surface area contributed by atoms with E-state index in [0.717, 1.165) is 5.76 Å². The monoisotopic (exact) mass is 137 g/mol. The van der Waals surface area contributed by atoms with E-state index in [4.69, 9.17) is 4.74 Å². The van der Waals surface area contributed by atoms with Crippen molar-refractivity contribution in [2.24, 2.45) is 4.99 Å². The summed E-state index contributed by atoms with van der Waals surface area (Å²) in [6.45, 7) is 8.74. The Kier molecular flexibility index (Phi) is 4.01. The van der Waals surface area contributed by atoms with E-state index in [9.17, 15) is 0 Å². The predicted octanol–water partition coefficient (Wildman–Crippen LogP) is 1.91.